The summed E-state index contributed by atoms with van der Waals surface area (Å²) in [6.45, 7) is 17.4. The number of nitro groups is 1. The fraction of sp³-hybridized carbons (Fsp3) is 0.889. The molecule has 0 aromatic heterocycles. The Balaban J connectivity index is 2.94. The fourth-order valence-corrected chi connectivity index (χ4v) is 4.26. The minimum atomic E-state index is -1.89. The third-order valence-electron chi connectivity index (χ3n) is 5.35. The SMILES string of the molecule is CC(C)=C[C@@H]1C[C@H](O[Si](C)(C)C(C)(C)C)[C@H](C)[C@H](CC[N+](=O)[O-])O1. The molecule has 0 aliphatic carbocycles. The molecule has 0 saturated carbocycles. The van der Waals surface area contributed by atoms with E-state index in [1.807, 2.05) is 0 Å². The third-order valence-corrected chi connectivity index (χ3v) is 9.86. The first-order valence-corrected chi connectivity index (χ1v) is 11.8. The van der Waals surface area contributed by atoms with Crippen molar-refractivity contribution >= 4 is 8.32 Å². The minimum Gasteiger partial charge on any atom is -0.413 e. The maximum Gasteiger partial charge on any atom is 0.206 e. The lowest BCUT2D eigenvalue weighted by molar-refractivity contribution is -0.483. The van der Waals surface area contributed by atoms with Gasteiger partial charge in [0.15, 0.2) is 8.32 Å². The van der Waals surface area contributed by atoms with Crippen LogP contribution in [0.3, 0.4) is 0 Å². The molecule has 1 aliphatic rings. The Labute approximate surface area is 148 Å². The average Bonchev–Trinajstić information content (AvgIpc) is 2.38. The number of rotatable bonds is 6. The van der Waals surface area contributed by atoms with E-state index in [9.17, 15) is 10.1 Å². The zero-order valence-electron chi connectivity index (χ0n) is 16.6. The van der Waals surface area contributed by atoms with Gasteiger partial charge in [-0.1, -0.05) is 39.3 Å². The summed E-state index contributed by atoms with van der Waals surface area (Å²) in [6, 6.07) is 0. The van der Waals surface area contributed by atoms with Gasteiger partial charge in [0.2, 0.25) is 6.54 Å². The lowest BCUT2D eigenvalue weighted by Gasteiger charge is -2.46. The molecule has 24 heavy (non-hydrogen) atoms. The van der Waals surface area contributed by atoms with E-state index in [1.54, 1.807) is 0 Å². The lowest BCUT2D eigenvalue weighted by Crippen LogP contribution is -2.51. The van der Waals surface area contributed by atoms with Crippen LogP contribution in [-0.4, -0.2) is 38.1 Å². The number of allylic oxidation sites excluding steroid dienone is 1. The van der Waals surface area contributed by atoms with Gasteiger partial charge in [0.1, 0.15) is 0 Å². The van der Waals surface area contributed by atoms with Crippen molar-refractivity contribution in [2.45, 2.75) is 90.8 Å². The summed E-state index contributed by atoms with van der Waals surface area (Å²) >= 11 is 0. The van der Waals surface area contributed by atoms with Crippen LogP contribution in [0.5, 0.6) is 0 Å². The Morgan fingerprint density at radius 2 is 1.96 bits per heavy atom. The van der Waals surface area contributed by atoms with E-state index >= 15 is 0 Å². The van der Waals surface area contributed by atoms with Crippen LogP contribution >= 0.6 is 0 Å². The summed E-state index contributed by atoms with van der Waals surface area (Å²) < 4.78 is 12.8. The summed E-state index contributed by atoms with van der Waals surface area (Å²) in [4.78, 5) is 10.5. The topological polar surface area (TPSA) is 61.6 Å². The van der Waals surface area contributed by atoms with Gasteiger partial charge in [-0.15, -0.1) is 0 Å². The summed E-state index contributed by atoms with van der Waals surface area (Å²) in [7, 11) is -1.89. The minimum absolute atomic E-state index is 0.0160. The quantitative estimate of drug-likeness (QED) is 0.296. The molecular formula is C18H35NO4Si. The van der Waals surface area contributed by atoms with Crippen molar-refractivity contribution in [2.75, 3.05) is 6.54 Å². The van der Waals surface area contributed by atoms with E-state index in [4.69, 9.17) is 9.16 Å². The smallest absolute Gasteiger partial charge is 0.206 e. The van der Waals surface area contributed by atoms with Gasteiger partial charge in [0, 0.05) is 23.7 Å². The second-order valence-electron chi connectivity index (χ2n) is 8.81. The van der Waals surface area contributed by atoms with Crippen LogP contribution in [0.15, 0.2) is 11.6 Å². The van der Waals surface area contributed by atoms with Crippen LogP contribution in [0.2, 0.25) is 18.1 Å². The van der Waals surface area contributed by atoms with Crippen molar-refractivity contribution in [3.8, 4) is 0 Å². The predicted octanol–water partition coefficient (Wildman–Crippen LogP) is 4.80. The molecule has 1 aliphatic heterocycles. The van der Waals surface area contributed by atoms with Crippen molar-refractivity contribution in [3.05, 3.63) is 21.8 Å². The number of nitrogens with zero attached hydrogens (tertiary/aromatic N) is 1. The molecule has 0 radical (unpaired) electrons. The first kappa shape index (κ1) is 21.3. The van der Waals surface area contributed by atoms with Crippen molar-refractivity contribution in [2.24, 2.45) is 5.92 Å². The monoisotopic (exact) mass is 357 g/mol. The van der Waals surface area contributed by atoms with Crippen molar-refractivity contribution in [1.82, 2.24) is 0 Å². The Morgan fingerprint density at radius 1 is 1.38 bits per heavy atom. The van der Waals surface area contributed by atoms with Gasteiger partial charge in [-0.25, -0.2) is 0 Å². The van der Waals surface area contributed by atoms with Gasteiger partial charge in [-0.3, -0.25) is 10.1 Å². The molecule has 1 saturated heterocycles. The first-order chi connectivity index (χ1) is 10.8. The van der Waals surface area contributed by atoms with Gasteiger partial charge < -0.3 is 9.16 Å². The van der Waals surface area contributed by atoms with E-state index in [2.05, 4.69) is 60.7 Å². The van der Waals surface area contributed by atoms with Crippen LogP contribution in [0.4, 0.5) is 0 Å². The van der Waals surface area contributed by atoms with E-state index < -0.39 is 8.32 Å². The lowest BCUT2D eigenvalue weighted by atomic mass is 9.88. The van der Waals surface area contributed by atoms with Gasteiger partial charge in [-0.05, 0) is 32.0 Å². The maximum atomic E-state index is 10.8. The zero-order valence-corrected chi connectivity index (χ0v) is 17.6. The fourth-order valence-electron chi connectivity index (χ4n) is 2.84. The van der Waals surface area contributed by atoms with Crippen molar-refractivity contribution in [3.63, 3.8) is 0 Å². The second-order valence-corrected chi connectivity index (χ2v) is 13.6. The first-order valence-electron chi connectivity index (χ1n) is 8.93. The average molecular weight is 358 g/mol. The predicted molar refractivity (Wildman–Crippen MR) is 100 cm³/mol. The number of hydrogen-bond acceptors (Lipinski definition) is 4. The van der Waals surface area contributed by atoms with Gasteiger partial charge in [-0.2, -0.15) is 0 Å². The molecule has 140 valence electrons. The van der Waals surface area contributed by atoms with Crippen molar-refractivity contribution in [1.29, 1.82) is 0 Å². The molecule has 0 amide bonds. The summed E-state index contributed by atoms with van der Waals surface area (Å²) in [6.07, 6.45) is 3.34. The van der Waals surface area contributed by atoms with Crippen LogP contribution in [0.1, 0.15) is 54.4 Å². The summed E-state index contributed by atoms with van der Waals surface area (Å²) in [5.74, 6) is 0.167. The highest BCUT2D eigenvalue weighted by Gasteiger charge is 2.44. The Kier molecular flexibility index (Phi) is 7.20. The zero-order chi connectivity index (χ0) is 18.7. The van der Waals surface area contributed by atoms with Crippen molar-refractivity contribution < 1.29 is 14.1 Å². The standard InChI is InChI=1S/C18H35NO4Si/c1-13(2)11-15-12-17(23-24(7,8)18(4,5)6)14(3)16(22-15)9-10-19(20)21/h11,14-17H,9-10,12H2,1-8H3/t14-,15-,16+,17+/m1/s1. The van der Waals surface area contributed by atoms with E-state index in [1.165, 1.54) is 5.57 Å². The van der Waals surface area contributed by atoms with E-state index in [-0.39, 0.29) is 40.7 Å². The molecule has 0 aromatic carbocycles. The largest absolute Gasteiger partial charge is 0.413 e. The van der Waals surface area contributed by atoms with Crippen LogP contribution < -0.4 is 0 Å². The van der Waals surface area contributed by atoms with E-state index in [0.29, 0.717) is 6.42 Å². The Morgan fingerprint density at radius 3 is 2.42 bits per heavy atom. The molecular weight excluding hydrogens is 322 g/mol. The molecule has 1 rings (SSSR count). The van der Waals surface area contributed by atoms with Gasteiger partial charge in [0.25, 0.3) is 0 Å². The van der Waals surface area contributed by atoms with Crippen LogP contribution in [-0.2, 0) is 9.16 Å². The van der Waals surface area contributed by atoms with Gasteiger partial charge in [0.05, 0.1) is 18.3 Å². The van der Waals surface area contributed by atoms with E-state index in [0.717, 1.165) is 6.42 Å². The highest BCUT2D eigenvalue weighted by Crippen LogP contribution is 2.41. The van der Waals surface area contributed by atoms with Gasteiger partial charge >= 0.3 is 0 Å². The molecule has 6 heteroatoms. The van der Waals surface area contributed by atoms with Crippen LogP contribution in [0.25, 0.3) is 0 Å². The maximum absolute atomic E-state index is 10.8. The Bertz CT molecular complexity index is 466. The molecule has 5 nitrogen and oxygen atoms in total. The third kappa shape index (κ3) is 5.97. The number of hydrogen-bond donors (Lipinski definition) is 0. The molecule has 4 atom stereocenters. The second kappa shape index (κ2) is 8.10. The molecule has 0 unspecified atom stereocenters. The Hall–Kier alpha value is -0.723. The van der Waals surface area contributed by atoms with Crippen LogP contribution in [0, 0.1) is 16.0 Å². The highest BCUT2D eigenvalue weighted by molar-refractivity contribution is 6.74. The molecule has 0 aromatic rings. The molecule has 0 spiro atoms. The molecule has 0 N–H and O–H groups in total. The molecule has 0 bridgehead atoms. The summed E-state index contributed by atoms with van der Waals surface area (Å²) in [5, 5.41) is 10.9. The molecule has 1 fully saturated rings. The number of ether oxygens (including phenoxy) is 1. The normalized spacial score (nSPS) is 28.5. The summed E-state index contributed by atoms with van der Waals surface area (Å²) in [5.41, 5.74) is 1.20. The molecule has 1 heterocycles. The highest BCUT2D eigenvalue weighted by atomic mass is 28.4.